The lowest BCUT2D eigenvalue weighted by atomic mass is 10.0. The van der Waals surface area contributed by atoms with Gasteiger partial charge in [0.15, 0.2) is 0 Å². The third-order valence-electron chi connectivity index (χ3n) is 5.81. The molecule has 4 aromatic rings. The first-order chi connectivity index (χ1) is 15.9. The second-order valence-electron chi connectivity index (χ2n) is 8.25. The number of carboxylic acid groups (broad SMARTS) is 1. The summed E-state index contributed by atoms with van der Waals surface area (Å²) in [6, 6.07) is 14.1. The summed E-state index contributed by atoms with van der Waals surface area (Å²) in [5, 5.41) is 11.2. The number of para-hydroxylation sites is 1. The molecule has 0 saturated carbocycles. The lowest BCUT2D eigenvalue weighted by molar-refractivity contribution is -0.137. The first-order valence-corrected chi connectivity index (χ1v) is 11.4. The summed E-state index contributed by atoms with van der Waals surface area (Å²) in [6.45, 7) is 4.98. The molecule has 0 atom stereocenters. The number of aryl methyl sites for hydroxylation is 4. The Balaban J connectivity index is 1.56. The van der Waals surface area contributed by atoms with Crippen molar-refractivity contribution >= 4 is 28.5 Å². The molecule has 0 bridgehead atoms. The van der Waals surface area contributed by atoms with Gasteiger partial charge in [-0.15, -0.1) is 0 Å². The molecule has 0 spiro atoms. The third kappa shape index (κ3) is 5.20. The highest BCUT2D eigenvalue weighted by molar-refractivity contribution is 6.32. The fourth-order valence-corrected chi connectivity index (χ4v) is 4.34. The van der Waals surface area contributed by atoms with Gasteiger partial charge in [0.1, 0.15) is 5.75 Å². The number of fused-ring (bicyclic) bond motifs is 1. The Bertz CT molecular complexity index is 1260. The Morgan fingerprint density at radius 3 is 2.55 bits per heavy atom. The Morgan fingerprint density at radius 1 is 1.12 bits per heavy atom. The Morgan fingerprint density at radius 2 is 1.85 bits per heavy atom. The van der Waals surface area contributed by atoms with Crippen molar-refractivity contribution in [1.82, 2.24) is 9.55 Å². The molecule has 1 N–H and O–H groups in total. The first-order valence-electron chi connectivity index (χ1n) is 11.1. The van der Waals surface area contributed by atoms with E-state index >= 15 is 0 Å². The van der Waals surface area contributed by atoms with Crippen LogP contribution in [0.15, 0.2) is 61.1 Å². The van der Waals surface area contributed by atoms with Gasteiger partial charge in [-0.2, -0.15) is 0 Å². The van der Waals surface area contributed by atoms with Crippen LogP contribution >= 0.6 is 11.6 Å². The van der Waals surface area contributed by atoms with Crippen molar-refractivity contribution < 1.29 is 14.6 Å². The maximum atomic E-state index is 11.2. The molecule has 4 rings (SSSR count). The van der Waals surface area contributed by atoms with Crippen LogP contribution in [0, 0.1) is 13.8 Å². The number of hydrogen-bond donors (Lipinski definition) is 1. The average molecular weight is 463 g/mol. The fourth-order valence-electron chi connectivity index (χ4n) is 4.23. The number of aromatic nitrogens is 2. The van der Waals surface area contributed by atoms with E-state index in [0.717, 1.165) is 56.8 Å². The highest BCUT2D eigenvalue weighted by atomic mass is 35.5. The molecule has 2 aromatic carbocycles. The van der Waals surface area contributed by atoms with Gasteiger partial charge in [0.2, 0.25) is 0 Å². The molecule has 33 heavy (non-hydrogen) atoms. The lowest BCUT2D eigenvalue weighted by Crippen LogP contribution is -2.04. The molecule has 2 heterocycles. The van der Waals surface area contributed by atoms with Crippen LogP contribution < -0.4 is 4.74 Å². The zero-order valence-electron chi connectivity index (χ0n) is 18.8. The molecular weight excluding hydrogens is 436 g/mol. The van der Waals surface area contributed by atoms with E-state index in [1.807, 2.05) is 38.1 Å². The molecule has 0 amide bonds. The van der Waals surface area contributed by atoms with Crippen molar-refractivity contribution in [2.75, 3.05) is 6.61 Å². The second-order valence-corrected chi connectivity index (χ2v) is 8.63. The average Bonchev–Trinajstić information content (AvgIpc) is 3.17. The van der Waals surface area contributed by atoms with Gasteiger partial charge in [-0.1, -0.05) is 29.8 Å². The van der Waals surface area contributed by atoms with Crippen molar-refractivity contribution in [1.29, 1.82) is 0 Å². The van der Waals surface area contributed by atoms with Gasteiger partial charge in [-0.25, -0.2) is 0 Å². The normalized spacial score (nSPS) is 11.1. The van der Waals surface area contributed by atoms with Gasteiger partial charge < -0.3 is 14.4 Å². The van der Waals surface area contributed by atoms with Gasteiger partial charge in [0, 0.05) is 41.1 Å². The summed E-state index contributed by atoms with van der Waals surface area (Å²) < 4.78 is 8.06. The van der Waals surface area contributed by atoms with Gasteiger partial charge >= 0.3 is 5.97 Å². The number of pyridine rings is 1. The fraction of sp³-hybridized carbons (Fsp3) is 0.259. The van der Waals surface area contributed by atoms with Gasteiger partial charge in [0.25, 0.3) is 0 Å². The van der Waals surface area contributed by atoms with Crippen molar-refractivity contribution in [3.05, 3.63) is 82.8 Å². The topological polar surface area (TPSA) is 64.3 Å². The summed E-state index contributed by atoms with van der Waals surface area (Å²) in [5.41, 5.74) is 6.42. The largest absolute Gasteiger partial charge is 0.494 e. The maximum absolute atomic E-state index is 11.2. The number of aliphatic carboxylic acids is 1. The maximum Gasteiger partial charge on any atom is 0.305 e. The van der Waals surface area contributed by atoms with Crippen molar-refractivity contribution in [3.63, 3.8) is 0 Å². The van der Waals surface area contributed by atoms with E-state index in [4.69, 9.17) is 16.3 Å². The highest BCUT2D eigenvalue weighted by Crippen LogP contribution is 2.33. The number of ether oxygens (including phenoxy) is 1. The quantitative estimate of drug-likeness (QED) is 0.290. The van der Waals surface area contributed by atoms with Crippen LogP contribution in [0.4, 0.5) is 0 Å². The van der Waals surface area contributed by atoms with Crippen LogP contribution in [0.25, 0.3) is 22.0 Å². The summed E-state index contributed by atoms with van der Waals surface area (Å²) >= 11 is 6.25. The zero-order chi connectivity index (χ0) is 23.4. The number of nitrogens with zero attached hydrogens (tertiary/aromatic N) is 2. The molecular formula is C27H27ClN2O3. The lowest BCUT2D eigenvalue weighted by Gasteiger charge is -2.10. The van der Waals surface area contributed by atoms with E-state index < -0.39 is 5.97 Å². The van der Waals surface area contributed by atoms with Gasteiger partial charge in [0.05, 0.1) is 18.5 Å². The SMILES string of the molecule is Cc1cc(OCCCc2cn(CCC(=O)O)c3c(-c4ccncc4)cccc23)cc(C)c1Cl. The van der Waals surface area contributed by atoms with E-state index in [9.17, 15) is 9.90 Å². The summed E-state index contributed by atoms with van der Waals surface area (Å²) in [6.07, 6.45) is 7.40. The standard InChI is InChI=1S/C27H27ClN2O3/c1-18-15-22(16-19(2)26(18)28)33-14-4-5-21-17-30(13-10-25(31)32)27-23(6-3-7-24(21)27)20-8-11-29-12-9-20/h3,6-9,11-12,15-17H,4-5,10,13-14H2,1-2H3,(H,31,32). The Hall–Kier alpha value is -3.31. The monoisotopic (exact) mass is 462 g/mol. The van der Waals surface area contributed by atoms with Crippen LogP contribution in [-0.2, 0) is 17.8 Å². The smallest absolute Gasteiger partial charge is 0.305 e. The zero-order valence-corrected chi connectivity index (χ0v) is 19.6. The van der Waals surface area contributed by atoms with Gasteiger partial charge in [-0.05, 0) is 73.2 Å². The minimum absolute atomic E-state index is 0.0757. The minimum Gasteiger partial charge on any atom is -0.494 e. The predicted octanol–water partition coefficient (Wildman–Crippen LogP) is 6.46. The van der Waals surface area contributed by atoms with Crippen molar-refractivity contribution in [2.24, 2.45) is 0 Å². The van der Waals surface area contributed by atoms with Crippen LogP contribution in [0.1, 0.15) is 29.5 Å². The molecule has 170 valence electrons. The molecule has 0 radical (unpaired) electrons. The highest BCUT2D eigenvalue weighted by Gasteiger charge is 2.14. The van der Waals surface area contributed by atoms with E-state index in [-0.39, 0.29) is 6.42 Å². The molecule has 0 fully saturated rings. The van der Waals surface area contributed by atoms with Crippen LogP contribution in [0.5, 0.6) is 5.75 Å². The van der Waals surface area contributed by atoms with E-state index in [2.05, 4.69) is 33.9 Å². The molecule has 0 aliphatic heterocycles. The van der Waals surface area contributed by atoms with E-state index in [0.29, 0.717) is 13.2 Å². The van der Waals surface area contributed by atoms with E-state index in [1.54, 1.807) is 12.4 Å². The minimum atomic E-state index is -0.804. The number of hydrogen-bond acceptors (Lipinski definition) is 3. The van der Waals surface area contributed by atoms with Crippen molar-refractivity contribution in [3.8, 4) is 16.9 Å². The number of rotatable bonds is 9. The van der Waals surface area contributed by atoms with Crippen LogP contribution in [0.3, 0.4) is 0 Å². The summed E-state index contributed by atoms with van der Waals surface area (Å²) in [7, 11) is 0. The number of carbonyl (C=O) groups is 1. The summed E-state index contributed by atoms with van der Waals surface area (Å²) in [4.78, 5) is 15.4. The molecule has 0 unspecified atom stereocenters. The predicted molar refractivity (Wildman–Crippen MR) is 132 cm³/mol. The summed E-state index contributed by atoms with van der Waals surface area (Å²) in [5.74, 6) is 0.0278. The van der Waals surface area contributed by atoms with Crippen molar-refractivity contribution in [2.45, 2.75) is 39.7 Å². The third-order valence-corrected chi connectivity index (χ3v) is 6.40. The molecule has 0 saturated heterocycles. The molecule has 2 aromatic heterocycles. The number of benzene rings is 2. The van der Waals surface area contributed by atoms with Crippen LogP contribution in [-0.4, -0.2) is 27.2 Å². The Labute approximate surface area is 198 Å². The van der Waals surface area contributed by atoms with E-state index in [1.165, 1.54) is 5.56 Å². The molecule has 0 aliphatic carbocycles. The number of carboxylic acids is 1. The Kier molecular flexibility index (Phi) is 6.99. The first kappa shape index (κ1) is 22.9. The van der Waals surface area contributed by atoms with Crippen LogP contribution in [0.2, 0.25) is 5.02 Å². The molecule has 0 aliphatic rings. The van der Waals surface area contributed by atoms with Gasteiger partial charge in [-0.3, -0.25) is 9.78 Å². The number of halogens is 1. The second kappa shape index (κ2) is 10.1. The molecule has 6 heteroatoms. The molecule has 5 nitrogen and oxygen atoms in total.